The van der Waals surface area contributed by atoms with Crippen molar-refractivity contribution in [2.24, 2.45) is 11.5 Å². The van der Waals surface area contributed by atoms with Gasteiger partial charge in [0, 0.05) is 6.42 Å². The average molecular weight is 293 g/mol. The normalized spacial score (nSPS) is 12.8. The van der Waals surface area contributed by atoms with Crippen molar-refractivity contribution >= 4 is 17.9 Å². The Balaban J connectivity index is 0. The number of carboxylic acids is 3. The molecule has 0 heterocycles. The Kier molecular flexibility index (Phi) is 12.7. The highest BCUT2D eigenvalue weighted by atomic mass is 16.4. The SMILES string of the molecule is CN[C@@H](CCCN)C(=O)O.N[C@H](CCC(=O)O)C(=O)O. The molecule has 0 saturated heterocycles. The number of hydrogen-bond acceptors (Lipinski definition) is 6. The smallest absolute Gasteiger partial charge is 0.320 e. The Morgan fingerprint density at radius 3 is 1.95 bits per heavy atom. The molecule has 0 spiro atoms. The largest absolute Gasteiger partial charge is 0.481 e. The number of nitrogens with two attached hydrogens (primary N) is 2. The van der Waals surface area contributed by atoms with Crippen molar-refractivity contribution in [3.8, 4) is 0 Å². The van der Waals surface area contributed by atoms with E-state index in [2.05, 4.69) is 5.32 Å². The van der Waals surface area contributed by atoms with Crippen molar-refractivity contribution in [3.05, 3.63) is 0 Å². The third-order valence-electron chi connectivity index (χ3n) is 2.33. The van der Waals surface area contributed by atoms with Crippen LogP contribution < -0.4 is 16.8 Å². The molecule has 0 radical (unpaired) electrons. The molecule has 2 atom stereocenters. The van der Waals surface area contributed by atoms with Crippen LogP contribution in [0.3, 0.4) is 0 Å². The standard InChI is InChI=1S/C6H14N2O2.C5H9NO4/c1-8-5(6(9)10)3-2-4-7;6-3(5(9)10)1-2-4(7)8/h5,8H,2-4,7H2,1H3,(H,9,10);3H,1-2,6H2,(H,7,8)(H,9,10)/t5-;3-/m01/s1. The molecule has 0 rings (SSSR count). The zero-order valence-corrected chi connectivity index (χ0v) is 11.4. The van der Waals surface area contributed by atoms with Gasteiger partial charge >= 0.3 is 17.9 Å². The number of rotatable bonds is 9. The Morgan fingerprint density at radius 1 is 1.10 bits per heavy atom. The Labute approximate surface area is 116 Å². The van der Waals surface area contributed by atoms with Gasteiger partial charge in [-0.15, -0.1) is 0 Å². The molecule has 0 aromatic rings. The summed E-state index contributed by atoms with van der Waals surface area (Å²) in [6.07, 6.45) is 1.12. The summed E-state index contributed by atoms with van der Waals surface area (Å²) in [5.41, 5.74) is 10.2. The van der Waals surface area contributed by atoms with Gasteiger partial charge in [0.15, 0.2) is 0 Å². The summed E-state index contributed by atoms with van der Waals surface area (Å²) in [5.74, 6) is -3.01. The number of carbonyl (C=O) groups is 3. The monoisotopic (exact) mass is 293 g/mol. The van der Waals surface area contributed by atoms with Crippen LogP contribution in [0.4, 0.5) is 0 Å². The van der Waals surface area contributed by atoms with Crippen molar-refractivity contribution in [2.75, 3.05) is 13.6 Å². The molecule has 0 aromatic carbocycles. The first kappa shape index (κ1) is 20.6. The predicted octanol–water partition coefficient (Wildman–Crippen LogP) is -1.34. The predicted molar refractivity (Wildman–Crippen MR) is 71.3 cm³/mol. The molecule has 8 N–H and O–H groups in total. The lowest BCUT2D eigenvalue weighted by atomic mass is 10.1. The Hall–Kier alpha value is -1.71. The van der Waals surface area contributed by atoms with Crippen molar-refractivity contribution in [1.29, 1.82) is 0 Å². The topological polar surface area (TPSA) is 176 Å². The Morgan fingerprint density at radius 2 is 1.65 bits per heavy atom. The molecule has 20 heavy (non-hydrogen) atoms. The molecule has 0 aromatic heterocycles. The molecular weight excluding hydrogens is 270 g/mol. The average Bonchev–Trinajstić information content (AvgIpc) is 2.37. The van der Waals surface area contributed by atoms with E-state index in [1.54, 1.807) is 7.05 Å². The minimum atomic E-state index is -1.17. The summed E-state index contributed by atoms with van der Waals surface area (Å²) >= 11 is 0. The molecule has 0 bridgehead atoms. The number of aliphatic carboxylic acids is 3. The van der Waals surface area contributed by atoms with Crippen molar-refractivity contribution in [3.63, 3.8) is 0 Å². The summed E-state index contributed by atoms with van der Waals surface area (Å²) in [6, 6.07) is -1.50. The van der Waals surface area contributed by atoms with Crippen molar-refractivity contribution in [2.45, 2.75) is 37.8 Å². The molecule has 0 aliphatic carbocycles. The molecule has 0 aliphatic heterocycles. The van der Waals surface area contributed by atoms with Crippen LogP contribution in [0.2, 0.25) is 0 Å². The van der Waals surface area contributed by atoms with Crippen LogP contribution >= 0.6 is 0 Å². The summed E-state index contributed by atoms with van der Waals surface area (Å²) in [6.45, 7) is 0.547. The van der Waals surface area contributed by atoms with Crippen LogP contribution in [-0.2, 0) is 14.4 Å². The minimum Gasteiger partial charge on any atom is -0.481 e. The van der Waals surface area contributed by atoms with Gasteiger partial charge in [0.1, 0.15) is 12.1 Å². The lowest BCUT2D eigenvalue weighted by Gasteiger charge is -2.08. The minimum absolute atomic E-state index is 0.0231. The molecule has 9 nitrogen and oxygen atoms in total. The zero-order chi connectivity index (χ0) is 16.1. The number of nitrogens with one attached hydrogen (secondary N) is 1. The maximum atomic E-state index is 10.3. The Bertz CT molecular complexity index is 311. The summed E-state index contributed by atoms with van der Waals surface area (Å²) in [4.78, 5) is 30.2. The first-order chi connectivity index (χ1) is 9.26. The maximum absolute atomic E-state index is 10.3. The van der Waals surface area contributed by atoms with Crippen LogP contribution in [0.15, 0.2) is 0 Å². The fourth-order valence-electron chi connectivity index (χ4n) is 1.12. The highest BCUT2D eigenvalue weighted by molar-refractivity contribution is 5.74. The lowest BCUT2D eigenvalue weighted by Crippen LogP contribution is -2.34. The van der Waals surface area contributed by atoms with Gasteiger partial charge < -0.3 is 32.1 Å². The van der Waals surface area contributed by atoms with E-state index in [1.807, 2.05) is 0 Å². The third-order valence-corrected chi connectivity index (χ3v) is 2.33. The number of likely N-dealkylation sites (N-methyl/N-ethyl adjacent to an activating group) is 1. The summed E-state index contributed by atoms with van der Waals surface area (Å²) in [7, 11) is 1.63. The van der Waals surface area contributed by atoms with Crippen LogP contribution in [0.1, 0.15) is 25.7 Å². The molecular formula is C11H23N3O6. The first-order valence-electron chi connectivity index (χ1n) is 6.06. The maximum Gasteiger partial charge on any atom is 0.320 e. The second-order valence-electron chi connectivity index (χ2n) is 3.99. The molecule has 0 saturated carbocycles. The summed E-state index contributed by atoms with van der Waals surface area (Å²) in [5, 5.41) is 27.5. The fourth-order valence-corrected chi connectivity index (χ4v) is 1.12. The number of hydrogen-bond donors (Lipinski definition) is 6. The molecule has 118 valence electrons. The zero-order valence-electron chi connectivity index (χ0n) is 11.4. The van der Waals surface area contributed by atoms with E-state index in [9.17, 15) is 14.4 Å². The molecule has 0 amide bonds. The second kappa shape index (κ2) is 12.3. The molecule has 0 unspecified atom stereocenters. The number of carboxylic acid groups (broad SMARTS) is 3. The van der Waals surface area contributed by atoms with Crippen molar-refractivity contribution < 1.29 is 29.7 Å². The highest BCUT2D eigenvalue weighted by Crippen LogP contribution is 1.94. The van der Waals surface area contributed by atoms with Crippen LogP contribution in [-0.4, -0.2) is 58.9 Å². The second-order valence-corrected chi connectivity index (χ2v) is 3.99. The van der Waals surface area contributed by atoms with E-state index < -0.39 is 30.0 Å². The van der Waals surface area contributed by atoms with E-state index >= 15 is 0 Å². The van der Waals surface area contributed by atoms with Crippen LogP contribution in [0, 0.1) is 0 Å². The molecule has 9 heteroatoms. The van der Waals surface area contributed by atoms with Gasteiger partial charge in [-0.2, -0.15) is 0 Å². The van der Waals surface area contributed by atoms with Gasteiger partial charge in [0.2, 0.25) is 0 Å². The molecule has 0 fully saturated rings. The van der Waals surface area contributed by atoms with Gasteiger partial charge in [-0.05, 0) is 32.9 Å². The molecule has 0 aliphatic rings. The van der Waals surface area contributed by atoms with E-state index in [0.717, 1.165) is 6.42 Å². The van der Waals surface area contributed by atoms with Gasteiger partial charge in [0.05, 0.1) is 0 Å². The van der Waals surface area contributed by atoms with Gasteiger partial charge in [-0.1, -0.05) is 0 Å². The highest BCUT2D eigenvalue weighted by Gasteiger charge is 2.13. The first-order valence-corrected chi connectivity index (χ1v) is 6.06. The third kappa shape index (κ3) is 12.7. The van der Waals surface area contributed by atoms with Crippen LogP contribution in [0.25, 0.3) is 0 Å². The van der Waals surface area contributed by atoms with E-state index in [4.69, 9.17) is 26.8 Å². The van der Waals surface area contributed by atoms with Gasteiger partial charge in [-0.25, -0.2) is 0 Å². The van der Waals surface area contributed by atoms with E-state index in [0.29, 0.717) is 13.0 Å². The lowest BCUT2D eigenvalue weighted by molar-refractivity contribution is -0.141. The van der Waals surface area contributed by atoms with Crippen molar-refractivity contribution in [1.82, 2.24) is 5.32 Å². The fraction of sp³-hybridized carbons (Fsp3) is 0.727. The van der Waals surface area contributed by atoms with Crippen LogP contribution in [0.5, 0.6) is 0 Å². The quantitative estimate of drug-likeness (QED) is 0.300. The van der Waals surface area contributed by atoms with Gasteiger partial charge in [0.25, 0.3) is 0 Å². The summed E-state index contributed by atoms with van der Waals surface area (Å²) < 4.78 is 0. The van der Waals surface area contributed by atoms with E-state index in [1.165, 1.54) is 0 Å². The van der Waals surface area contributed by atoms with E-state index in [-0.39, 0.29) is 12.8 Å². The van der Waals surface area contributed by atoms with Gasteiger partial charge in [-0.3, -0.25) is 14.4 Å².